The number of rotatable bonds is 9. The number of aliphatic hydroxyl groups is 2. The average Bonchev–Trinajstić information content (AvgIpc) is 3.46. The molecule has 11 nitrogen and oxygen atoms in total. The van der Waals surface area contributed by atoms with Crippen molar-refractivity contribution >= 4 is 11.9 Å². The van der Waals surface area contributed by atoms with Crippen molar-refractivity contribution in [3.63, 3.8) is 0 Å². The van der Waals surface area contributed by atoms with Gasteiger partial charge in [-0.15, -0.1) is 0 Å². The molecule has 2 aliphatic heterocycles. The van der Waals surface area contributed by atoms with E-state index in [4.69, 9.17) is 32.8 Å². The third kappa shape index (κ3) is 4.93. The number of ether oxygens (including phenoxy) is 6. The number of cyclic esters (lactones) is 1. The lowest BCUT2D eigenvalue weighted by Crippen LogP contribution is -2.59. The molecule has 0 amide bonds. The zero-order valence-electron chi connectivity index (χ0n) is 24.9. The van der Waals surface area contributed by atoms with Gasteiger partial charge in [0.05, 0.1) is 38.1 Å². The predicted molar refractivity (Wildman–Crippen MR) is 147 cm³/mol. The number of carbonyl (C=O) groups excluding carboxylic acids is 2. The average molecular weight is 591 g/mol. The van der Waals surface area contributed by atoms with Gasteiger partial charge in [-0.1, -0.05) is 25.2 Å². The van der Waals surface area contributed by atoms with Gasteiger partial charge >= 0.3 is 11.9 Å². The van der Waals surface area contributed by atoms with E-state index in [0.29, 0.717) is 11.3 Å². The van der Waals surface area contributed by atoms with E-state index in [9.17, 15) is 19.8 Å². The molecule has 4 bridgehead atoms. The highest BCUT2D eigenvalue weighted by atomic mass is 16.6. The maximum Gasteiger partial charge on any atom is 0.342 e. The van der Waals surface area contributed by atoms with Crippen LogP contribution in [0.25, 0.3) is 0 Å². The van der Waals surface area contributed by atoms with Crippen LogP contribution in [0, 0.1) is 42.4 Å². The number of aryl methyl sites for hydroxylation is 1. The van der Waals surface area contributed by atoms with Gasteiger partial charge < -0.3 is 43.1 Å². The lowest BCUT2D eigenvalue weighted by atomic mass is 9.56. The Balaban J connectivity index is 1.61. The first-order valence-corrected chi connectivity index (χ1v) is 14.4. The van der Waals surface area contributed by atoms with Gasteiger partial charge in [0.1, 0.15) is 41.3 Å². The molecule has 42 heavy (non-hydrogen) atoms. The third-order valence-electron chi connectivity index (χ3n) is 9.59. The van der Waals surface area contributed by atoms with Gasteiger partial charge in [-0.3, -0.25) is 4.79 Å². The normalized spacial score (nSPS) is 39.8. The summed E-state index contributed by atoms with van der Waals surface area (Å²) in [5.74, 6) is -3.84. The highest BCUT2D eigenvalue weighted by Crippen LogP contribution is 2.62. The molecule has 0 radical (unpaired) electrons. The predicted octanol–water partition coefficient (Wildman–Crippen LogP) is 2.08. The minimum atomic E-state index is -1.14. The first kappa shape index (κ1) is 30.9. The van der Waals surface area contributed by atoms with Crippen LogP contribution < -0.4 is 0 Å². The molecule has 0 aromatic carbocycles. The van der Waals surface area contributed by atoms with Gasteiger partial charge in [-0.2, -0.15) is 0 Å². The molecular weight excluding hydrogens is 548 g/mol. The van der Waals surface area contributed by atoms with Gasteiger partial charge in [-0.25, -0.2) is 4.79 Å². The summed E-state index contributed by atoms with van der Waals surface area (Å²) in [4.78, 5) is 27.1. The minimum Gasteiger partial charge on any atom is -0.469 e. The molecule has 4 aliphatic rings. The molecule has 1 aromatic rings. The maximum atomic E-state index is 13.8. The Labute approximate surface area is 245 Å². The van der Waals surface area contributed by atoms with Crippen LogP contribution in [0.4, 0.5) is 0 Å². The Bertz CT molecular complexity index is 1210. The zero-order chi connectivity index (χ0) is 30.3. The largest absolute Gasteiger partial charge is 0.469 e. The summed E-state index contributed by atoms with van der Waals surface area (Å²) in [7, 11) is 4.52. The van der Waals surface area contributed by atoms with E-state index in [1.807, 2.05) is 32.1 Å². The highest BCUT2D eigenvalue weighted by molar-refractivity contribution is 5.90. The summed E-state index contributed by atoms with van der Waals surface area (Å²) in [5, 5.41) is 22.9. The van der Waals surface area contributed by atoms with Crippen molar-refractivity contribution in [3.05, 3.63) is 47.5 Å². The first-order chi connectivity index (χ1) is 20.1. The summed E-state index contributed by atoms with van der Waals surface area (Å²) < 4.78 is 40.6. The molecule has 1 spiro atoms. The van der Waals surface area contributed by atoms with Crippen molar-refractivity contribution in [1.29, 1.82) is 0 Å². The number of aliphatic hydroxyl groups excluding tert-OH is 2. The summed E-state index contributed by atoms with van der Waals surface area (Å²) in [6.07, 6.45) is 2.89. The van der Waals surface area contributed by atoms with Crippen molar-refractivity contribution in [2.24, 2.45) is 35.5 Å². The Kier molecular flexibility index (Phi) is 8.99. The van der Waals surface area contributed by atoms with Gasteiger partial charge in [0.25, 0.3) is 0 Å². The Hall–Kier alpha value is -2.54. The fourth-order valence-electron chi connectivity index (χ4n) is 7.78. The second-order valence-corrected chi connectivity index (χ2v) is 12.0. The number of hydrogen-bond donors (Lipinski definition) is 2. The Morgan fingerprint density at radius 3 is 2.50 bits per heavy atom. The zero-order valence-corrected chi connectivity index (χ0v) is 24.9. The molecule has 1 aromatic heterocycles. The van der Waals surface area contributed by atoms with Gasteiger partial charge in [0.15, 0.2) is 0 Å². The smallest absolute Gasteiger partial charge is 0.342 e. The molecule has 1 saturated carbocycles. The fourth-order valence-corrected chi connectivity index (χ4v) is 7.78. The summed E-state index contributed by atoms with van der Waals surface area (Å²) in [5.41, 5.74) is -0.0465. The number of esters is 2. The molecule has 232 valence electrons. The van der Waals surface area contributed by atoms with E-state index in [-0.39, 0.29) is 25.7 Å². The molecule has 2 aliphatic carbocycles. The van der Waals surface area contributed by atoms with Crippen LogP contribution in [0.1, 0.15) is 30.0 Å². The molecule has 5 rings (SSSR count). The van der Waals surface area contributed by atoms with Crippen molar-refractivity contribution in [2.75, 3.05) is 41.2 Å². The molecule has 12 atom stereocenters. The van der Waals surface area contributed by atoms with Crippen molar-refractivity contribution in [3.8, 4) is 0 Å². The number of carbonyl (C=O) groups is 2. The Morgan fingerprint density at radius 1 is 1.12 bits per heavy atom. The standard InChI is InChI=1S/C31H42O11/c1-15-11-16(2)31-22(20(12-36-4)30(35)40-26(15)23(32)14-38-6)8-7-19-24(31)25(33)21(13-37-5)27(28(19)42-31)41-29(34)18-9-10-39-17(18)3/h7-11,15,19-28,32-33H,12-14H2,1-6H3. The molecule has 2 fully saturated rings. The summed E-state index contributed by atoms with van der Waals surface area (Å²) in [6, 6.07) is 1.55. The quantitative estimate of drug-likeness (QED) is 0.322. The number of furan rings is 1. The number of hydrogen-bond acceptors (Lipinski definition) is 11. The van der Waals surface area contributed by atoms with Gasteiger partial charge in [-0.05, 0) is 25.5 Å². The fraction of sp³-hybridized carbons (Fsp3) is 0.677. The molecule has 11 heteroatoms. The van der Waals surface area contributed by atoms with E-state index < -0.39 is 77.6 Å². The van der Waals surface area contributed by atoms with Crippen LogP contribution in [0.15, 0.2) is 40.5 Å². The molecule has 12 unspecified atom stereocenters. The van der Waals surface area contributed by atoms with Crippen LogP contribution in [-0.4, -0.2) is 99.4 Å². The maximum absolute atomic E-state index is 13.8. The topological polar surface area (TPSA) is 143 Å². The Morgan fingerprint density at radius 2 is 1.86 bits per heavy atom. The molecule has 1 saturated heterocycles. The first-order valence-electron chi connectivity index (χ1n) is 14.4. The van der Waals surface area contributed by atoms with Crippen molar-refractivity contribution < 1.29 is 52.6 Å². The lowest BCUT2D eigenvalue weighted by molar-refractivity contribution is -0.173. The second-order valence-electron chi connectivity index (χ2n) is 12.0. The van der Waals surface area contributed by atoms with Crippen molar-refractivity contribution in [1.82, 2.24) is 0 Å². The highest BCUT2D eigenvalue weighted by Gasteiger charge is 2.71. The van der Waals surface area contributed by atoms with Gasteiger partial charge in [0, 0.05) is 50.9 Å². The van der Waals surface area contributed by atoms with Crippen LogP contribution in [0.2, 0.25) is 0 Å². The van der Waals surface area contributed by atoms with Crippen LogP contribution >= 0.6 is 0 Å². The summed E-state index contributed by atoms with van der Waals surface area (Å²) >= 11 is 0. The van der Waals surface area contributed by atoms with Crippen molar-refractivity contribution in [2.45, 2.75) is 56.9 Å². The molecule has 3 heterocycles. The van der Waals surface area contributed by atoms with E-state index in [1.165, 1.54) is 27.6 Å². The summed E-state index contributed by atoms with van der Waals surface area (Å²) in [6.45, 7) is 5.62. The van der Waals surface area contributed by atoms with Crippen LogP contribution in [0.3, 0.4) is 0 Å². The molecular formula is C31H42O11. The minimum absolute atomic E-state index is 0.0114. The lowest BCUT2D eigenvalue weighted by Gasteiger charge is -2.49. The SMILES string of the molecule is COCC(O)C1OC(=O)C(COC)C2C=CC3C4OC2(C(C)=CC1C)C3C(O)C(COC)C4OC(=O)c1ccoc1C. The third-order valence-corrected chi connectivity index (χ3v) is 9.59. The van der Waals surface area contributed by atoms with Crippen LogP contribution in [0.5, 0.6) is 0 Å². The molecule has 2 N–H and O–H groups in total. The van der Waals surface area contributed by atoms with E-state index in [2.05, 4.69) is 0 Å². The van der Waals surface area contributed by atoms with E-state index in [0.717, 1.165) is 5.57 Å². The number of methoxy groups -OCH3 is 3. The van der Waals surface area contributed by atoms with E-state index in [1.54, 1.807) is 13.0 Å². The van der Waals surface area contributed by atoms with Crippen LogP contribution in [-0.2, 0) is 33.2 Å². The monoisotopic (exact) mass is 590 g/mol. The van der Waals surface area contributed by atoms with E-state index >= 15 is 0 Å². The van der Waals surface area contributed by atoms with Gasteiger partial charge in [0.2, 0.25) is 0 Å². The second kappa shape index (κ2) is 12.2.